The molecule has 0 unspecified atom stereocenters. The van der Waals surface area contributed by atoms with Gasteiger partial charge in [0.25, 0.3) is 5.82 Å². The second kappa shape index (κ2) is 5.64. The Hall–Kier alpha value is -2.87. The van der Waals surface area contributed by atoms with E-state index in [1.54, 1.807) is 0 Å². The van der Waals surface area contributed by atoms with E-state index in [1.165, 1.54) is 39.2 Å². The van der Waals surface area contributed by atoms with Crippen LogP contribution in [0.5, 0.6) is 0 Å². The maximum Gasteiger partial charge on any atom is 0.288 e. The van der Waals surface area contributed by atoms with Crippen molar-refractivity contribution >= 4 is 17.7 Å². The lowest BCUT2D eigenvalue weighted by atomic mass is 9.89. The van der Waals surface area contributed by atoms with Crippen molar-refractivity contribution in [3.05, 3.63) is 83.4 Å². The van der Waals surface area contributed by atoms with Crippen molar-refractivity contribution in [3.8, 4) is 11.1 Å². The highest BCUT2D eigenvalue weighted by Crippen LogP contribution is 2.35. The first-order chi connectivity index (χ1) is 11.6. The molecule has 0 radical (unpaired) electrons. The van der Waals surface area contributed by atoms with Gasteiger partial charge in [-0.2, -0.15) is 0 Å². The lowest BCUT2D eigenvalue weighted by Gasteiger charge is -2.16. The van der Waals surface area contributed by atoms with Gasteiger partial charge in [-0.1, -0.05) is 54.6 Å². The van der Waals surface area contributed by atoms with Crippen LogP contribution in [0.15, 0.2) is 66.5 Å². The Morgan fingerprint density at radius 1 is 0.833 bits per heavy atom. The van der Waals surface area contributed by atoms with E-state index < -0.39 is 0 Å². The van der Waals surface area contributed by atoms with Gasteiger partial charge in [-0.15, -0.1) is 0 Å². The third-order valence-corrected chi connectivity index (χ3v) is 4.73. The third-order valence-electron chi connectivity index (χ3n) is 4.73. The summed E-state index contributed by atoms with van der Waals surface area (Å²) in [5.41, 5.74) is 7.63. The van der Waals surface area contributed by atoms with Crippen molar-refractivity contribution in [1.29, 1.82) is 0 Å². The predicted octanol–water partition coefficient (Wildman–Crippen LogP) is 4.47. The molecule has 4 rings (SSSR count). The fourth-order valence-electron chi connectivity index (χ4n) is 3.53. The Bertz CT molecular complexity index is 967. The molecule has 2 heteroatoms. The molecular formula is C22H21N2+. The molecule has 0 amide bonds. The number of aryl methyl sites for hydroxylation is 2. The summed E-state index contributed by atoms with van der Waals surface area (Å²) in [6, 6.07) is 17.3. The van der Waals surface area contributed by atoms with Crippen molar-refractivity contribution < 1.29 is 4.57 Å². The van der Waals surface area contributed by atoms with Gasteiger partial charge >= 0.3 is 0 Å². The fourth-order valence-corrected chi connectivity index (χ4v) is 3.53. The van der Waals surface area contributed by atoms with Crippen LogP contribution >= 0.6 is 0 Å². The Kier molecular flexibility index (Phi) is 3.46. The smallest absolute Gasteiger partial charge is 0.233 e. The summed E-state index contributed by atoms with van der Waals surface area (Å²) in [5.74, 6) is 1.21. The molecule has 1 heterocycles. The second-order valence-corrected chi connectivity index (χ2v) is 6.40. The largest absolute Gasteiger partial charge is 0.288 e. The van der Waals surface area contributed by atoms with Gasteiger partial charge < -0.3 is 0 Å². The quantitative estimate of drug-likeness (QED) is 0.586. The van der Waals surface area contributed by atoms with Crippen LogP contribution in [0.3, 0.4) is 0 Å². The molecule has 1 aliphatic rings. The van der Waals surface area contributed by atoms with Gasteiger partial charge in [0.2, 0.25) is 0 Å². The highest BCUT2D eigenvalue weighted by Gasteiger charge is 2.21. The molecule has 0 N–H and O–H groups in total. The number of aromatic nitrogens is 2. The molecule has 0 saturated heterocycles. The average molecular weight is 313 g/mol. The number of imidazole rings is 1. The van der Waals surface area contributed by atoms with Gasteiger partial charge in [-0.05, 0) is 40.8 Å². The topological polar surface area (TPSA) is 8.81 Å². The van der Waals surface area contributed by atoms with Crippen molar-refractivity contribution in [2.45, 2.75) is 6.92 Å². The van der Waals surface area contributed by atoms with Crippen LogP contribution in [0, 0.1) is 0 Å². The van der Waals surface area contributed by atoms with Crippen molar-refractivity contribution in [3.63, 3.8) is 0 Å². The van der Waals surface area contributed by atoms with Crippen LogP contribution in [0.4, 0.5) is 0 Å². The van der Waals surface area contributed by atoms with Crippen molar-refractivity contribution in [1.82, 2.24) is 4.57 Å². The van der Waals surface area contributed by atoms with Crippen molar-refractivity contribution in [2.75, 3.05) is 0 Å². The molecule has 1 aromatic heterocycles. The molecule has 2 aromatic carbocycles. The SMILES string of the molecule is CC1=Cc2ccccc2-c2ccccc2C=C1c1n(C)cc[n+]1C. The Morgan fingerprint density at radius 3 is 2.00 bits per heavy atom. The zero-order chi connectivity index (χ0) is 16.7. The highest BCUT2D eigenvalue weighted by molar-refractivity contribution is 5.97. The van der Waals surface area contributed by atoms with E-state index in [4.69, 9.17) is 0 Å². The molecule has 24 heavy (non-hydrogen) atoms. The number of allylic oxidation sites excluding steroid dienone is 2. The van der Waals surface area contributed by atoms with Crippen LogP contribution in [-0.4, -0.2) is 4.57 Å². The minimum atomic E-state index is 1.21. The summed E-state index contributed by atoms with van der Waals surface area (Å²) in [7, 11) is 4.20. The van der Waals surface area contributed by atoms with E-state index in [0.29, 0.717) is 0 Å². The first-order valence-electron chi connectivity index (χ1n) is 8.25. The van der Waals surface area contributed by atoms with E-state index in [0.717, 1.165) is 0 Å². The molecular weight excluding hydrogens is 292 g/mol. The molecule has 1 aliphatic carbocycles. The normalized spacial score (nSPS) is 13.3. The first kappa shape index (κ1) is 14.7. The summed E-state index contributed by atoms with van der Waals surface area (Å²) in [4.78, 5) is 0. The molecule has 0 fully saturated rings. The summed E-state index contributed by atoms with van der Waals surface area (Å²) < 4.78 is 4.36. The van der Waals surface area contributed by atoms with E-state index in [2.05, 4.69) is 103 Å². The van der Waals surface area contributed by atoms with Crippen LogP contribution in [-0.2, 0) is 14.1 Å². The molecule has 2 nitrogen and oxygen atoms in total. The molecule has 0 atom stereocenters. The lowest BCUT2D eigenvalue weighted by molar-refractivity contribution is -0.673. The maximum absolute atomic E-state index is 2.31. The van der Waals surface area contributed by atoms with Gasteiger partial charge in [-0.25, -0.2) is 9.13 Å². The molecule has 0 bridgehead atoms. The molecule has 0 saturated carbocycles. The van der Waals surface area contributed by atoms with E-state index in [1.807, 2.05) is 0 Å². The maximum atomic E-state index is 2.31. The Balaban J connectivity index is 2.05. The number of hydrogen-bond acceptors (Lipinski definition) is 0. The zero-order valence-corrected chi connectivity index (χ0v) is 14.3. The van der Waals surface area contributed by atoms with E-state index in [9.17, 15) is 0 Å². The van der Waals surface area contributed by atoms with Crippen molar-refractivity contribution in [2.24, 2.45) is 14.1 Å². The van der Waals surface area contributed by atoms with Gasteiger partial charge in [0.05, 0.1) is 19.7 Å². The third kappa shape index (κ3) is 2.31. The minimum Gasteiger partial charge on any atom is -0.233 e. The molecule has 3 aromatic rings. The second-order valence-electron chi connectivity index (χ2n) is 6.40. The average Bonchev–Trinajstić information content (AvgIpc) is 2.91. The van der Waals surface area contributed by atoms with Crippen LogP contribution in [0.25, 0.3) is 28.9 Å². The number of hydrogen-bond donors (Lipinski definition) is 0. The molecule has 0 aliphatic heterocycles. The van der Waals surface area contributed by atoms with Gasteiger partial charge in [0, 0.05) is 0 Å². The van der Waals surface area contributed by atoms with Crippen LogP contribution in [0.2, 0.25) is 0 Å². The molecule has 0 spiro atoms. The Labute approximate surface area is 143 Å². The molecule has 118 valence electrons. The van der Waals surface area contributed by atoms with Gasteiger partial charge in [-0.3, -0.25) is 0 Å². The summed E-state index contributed by atoms with van der Waals surface area (Å²) >= 11 is 0. The predicted molar refractivity (Wildman–Crippen MR) is 100.0 cm³/mol. The van der Waals surface area contributed by atoms with Gasteiger partial charge in [0.1, 0.15) is 12.4 Å². The number of benzene rings is 2. The number of fused-ring (bicyclic) bond motifs is 3. The Morgan fingerprint density at radius 2 is 1.42 bits per heavy atom. The summed E-state index contributed by atoms with van der Waals surface area (Å²) in [6.07, 6.45) is 8.81. The minimum absolute atomic E-state index is 1.21. The zero-order valence-electron chi connectivity index (χ0n) is 14.3. The standard InChI is InChI=1S/C22H21N2/c1-16-14-17-8-4-6-10-19(17)20-11-7-5-9-18(20)15-21(16)22-23(2)12-13-24(22)3/h4-15H,1-3H3/q+1. The lowest BCUT2D eigenvalue weighted by Crippen LogP contribution is -2.31. The number of rotatable bonds is 1. The summed E-state index contributed by atoms with van der Waals surface area (Å²) in [5, 5.41) is 0. The highest BCUT2D eigenvalue weighted by atomic mass is 15.1. The van der Waals surface area contributed by atoms with E-state index >= 15 is 0 Å². The fraction of sp³-hybridized carbons (Fsp3) is 0.136. The van der Waals surface area contributed by atoms with Crippen LogP contribution < -0.4 is 4.57 Å². The first-order valence-corrected chi connectivity index (χ1v) is 8.25. The van der Waals surface area contributed by atoms with Gasteiger partial charge in [0.15, 0.2) is 0 Å². The van der Waals surface area contributed by atoms with E-state index in [-0.39, 0.29) is 0 Å². The summed E-state index contributed by atoms with van der Waals surface area (Å²) in [6.45, 7) is 2.20. The monoisotopic (exact) mass is 313 g/mol. The number of nitrogens with zero attached hydrogens (tertiary/aromatic N) is 2. The van der Waals surface area contributed by atoms with Crippen LogP contribution in [0.1, 0.15) is 23.9 Å².